The quantitative estimate of drug-likeness (QED) is 0.0473. The van der Waals surface area contributed by atoms with Crippen molar-refractivity contribution in [2.24, 2.45) is 5.92 Å². The maximum absolute atomic E-state index is 12.9. The minimum atomic E-state index is -4.97. The van der Waals surface area contributed by atoms with E-state index in [2.05, 4.69) is 213 Å². The van der Waals surface area contributed by atoms with Gasteiger partial charge in [0.2, 0.25) is 0 Å². The number of halogens is 14. The molecule has 0 spiro atoms. The highest BCUT2D eigenvalue weighted by Crippen LogP contribution is 2.45. The number of nitrogens with zero attached hydrogens (tertiary/aromatic N) is 1. The van der Waals surface area contributed by atoms with Gasteiger partial charge >= 0.3 is 6.18 Å². The Hall–Kier alpha value is -9.05. The van der Waals surface area contributed by atoms with Crippen molar-refractivity contribution in [3.8, 4) is 11.1 Å². The summed E-state index contributed by atoms with van der Waals surface area (Å²) in [5, 5.41) is 14.2. The summed E-state index contributed by atoms with van der Waals surface area (Å²) in [6, 6.07) is 57.2. The summed E-state index contributed by atoms with van der Waals surface area (Å²) in [5.41, 5.74) is 24.3. The number of anilines is 5. The number of ketones is 3. The van der Waals surface area contributed by atoms with E-state index in [1.165, 1.54) is 6.07 Å². The lowest BCUT2D eigenvalue weighted by atomic mass is 9.97. The van der Waals surface area contributed by atoms with Gasteiger partial charge in [0.15, 0.2) is 11.6 Å². The summed E-state index contributed by atoms with van der Waals surface area (Å²) in [6.07, 6.45) is 9.66. The predicted molar refractivity (Wildman–Crippen MR) is 552 cm³/mol. The molecular weight excluding hydrogens is 2400 g/mol. The van der Waals surface area contributed by atoms with Crippen LogP contribution >= 0.6 is 182 Å². The lowest BCUT2D eigenvalue weighted by Crippen LogP contribution is -2.22. The molecule has 1 aromatic heterocycles. The largest absolute Gasteiger partial charge is 0.454 e. The first kappa shape index (κ1) is 96.5. The second-order valence-electron chi connectivity index (χ2n) is 30.2. The number of carbonyl (C=O) groups is 8. The van der Waals surface area contributed by atoms with E-state index in [1.807, 2.05) is 212 Å². The SMILES string of the molecule is C.Cc1c(Br)cc(C=C2C(=O)Nc3ccc(-c4cccnc4)cc32)cc1Br.Cc1c(Br)cc(C=C2C(=O)Nc3ccc(C(=O)C(F)(F)F)cc32)cc1Br.Cc1c(Br)cc(C=C2C(=O)Nc3ccc(C(=O)C4CC4)cc32)cc1Br.Cc1c(Br)cc(C=C2C(=O)Nc3ccc(I)cc32)cc1Br.Cc1ccc(C(=O)c2ccc3c(c2)C(=Cc2cc(Br)c(C)c(Br)c2)C(=O)N3)cc1. The highest BCUT2D eigenvalue weighted by atomic mass is 127. The number of fused-ring (bicyclic) bond motifs is 5. The van der Waals surface area contributed by atoms with Crippen LogP contribution in [0.2, 0.25) is 0 Å². The number of hydrogen-bond acceptors (Lipinski definition) is 9. The number of aryl methyl sites for hydroxylation is 1. The third-order valence-electron chi connectivity index (χ3n) is 21.4. The fourth-order valence-electron chi connectivity index (χ4n) is 14.0. The number of hydrogen-bond donors (Lipinski definition) is 5. The molecule has 0 bridgehead atoms. The first-order valence-corrected chi connectivity index (χ1v) is 47.8. The summed E-state index contributed by atoms with van der Waals surface area (Å²) < 4.78 is 48.7. The fourth-order valence-corrected chi connectivity index (χ4v) is 20.6. The van der Waals surface area contributed by atoms with Crippen molar-refractivity contribution >= 4 is 315 Å². The molecule has 18 rings (SSSR count). The molecule has 5 aliphatic heterocycles. The van der Waals surface area contributed by atoms with Crippen molar-refractivity contribution < 1.29 is 51.5 Å². The summed E-state index contributed by atoms with van der Waals surface area (Å²) in [5.74, 6) is -2.55. The Morgan fingerprint density at radius 3 is 0.977 bits per heavy atom. The van der Waals surface area contributed by atoms with Gasteiger partial charge in [-0.25, -0.2) is 0 Å². The van der Waals surface area contributed by atoms with E-state index < -0.39 is 23.4 Å². The molecule has 1 aliphatic carbocycles. The Morgan fingerprint density at radius 1 is 0.359 bits per heavy atom. The van der Waals surface area contributed by atoms with E-state index in [0.717, 1.165) is 179 Å². The van der Waals surface area contributed by atoms with Crippen LogP contribution in [0.5, 0.6) is 0 Å². The molecule has 646 valence electrons. The lowest BCUT2D eigenvalue weighted by molar-refractivity contribution is -0.111. The van der Waals surface area contributed by atoms with Crippen LogP contribution in [0.4, 0.5) is 41.6 Å². The molecular formula is C100H70Br10F3IN6O8. The minimum Gasteiger partial charge on any atom is -0.321 e. The molecule has 1 fully saturated rings. The highest BCUT2D eigenvalue weighted by Gasteiger charge is 2.41. The topological polar surface area (TPSA) is 210 Å². The minimum absolute atomic E-state index is 0. The summed E-state index contributed by atoms with van der Waals surface area (Å²) in [4.78, 5) is 103. The number of aromatic nitrogens is 1. The van der Waals surface area contributed by atoms with E-state index in [-0.39, 0.29) is 59.7 Å². The number of Topliss-reactive ketones (excluding diaryl/α,β-unsaturated/α-hetero) is 2. The molecule has 5 N–H and O–H groups in total. The monoisotopic (exact) mass is 2460 g/mol. The molecule has 1 saturated carbocycles. The van der Waals surface area contributed by atoms with Crippen LogP contribution < -0.4 is 26.6 Å². The third-order valence-corrected chi connectivity index (χ3v) is 30.3. The Bertz CT molecular complexity index is 6770. The molecule has 128 heavy (non-hydrogen) atoms. The van der Waals surface area contributed by atoms with Crippen LogP contribution in [-0.4, -0.2) is 58.0 Å². The van der Waals surface area contributed by atoms with Crippen molar-refractivity contribution in [3.63, 3.8) is 0 Å². The van der Waals surface area contributed by atoms with Crippen LogP contribution in [0.25, 0.3) is 69.4 Å². The van der Waals surface area contributed by atoms with Gasteiger partial charge in [-0.1, -0.05) is 209 Å². The van der Waals surface area contributed by atoms with E-state index in [0.29, 0.717) is 55.9 Å². The van der Waals surface area contributed by atoms with Gasteiger partial charge in [0.1, 0.15) is 0 Å². The summed E-state index contributed by atoms with van der Waals surface area (Å²) in [7, 11) is 0. The number of rotatable bonds is 11. The smallest absolute Gasteiger partial charge is 0.321 e. The molecule has 6 heterocycles. The fraction of sp³-hybridized carbons (Fsp3) is 0.110. The molecule has 6 aliphatic rings. The van der Waals surface area contributed by atoms with Gasteiger partial charge < -0.3 is 26.6 Å². The number of benzene rings is 11. The van der Waals surface area contributed by atoms with E-state index in [4.69, 9.17) is 0 Å². The Labute approximate surface area is 834 Å². The molecule has 0 saturated heterocycles. The Morgan fingerprint density at radius 2 is 0.648 bits per heavy atom. The van der Waals surface area contributed by atoms with Gasteiger partial charge in [0, 0.05) is 179 Å². The zero-order valence-electron chi connectivity index (χ0n) is 67.4. The van der Waals surface area contributed by atoms with Crippen molar-refractivity contribution in [1.82, 2.24) is 4.98 Å². The lowest BCUT2D eigenvalue weighted by Gasteiger charge is -2.07. The van der Waals surface area contributed by atoms with E-state index >= 15 is 0 Å². The number of carbonyl (C=O) groups excluding carboxylic acids is 8. The van der Waals surface area contributed by atoms with Crippen molar-refractivity contribution in [2.75, 3.05) is 26.6 Å². The zero-order chi connectivity index (χ0) is 91.0. The maximum Gasteiger partial charge on any atom is 0.454 e. The first-order chi connectivity index (χ1) is 60.3. The van der Waals surface area contributed by atoms with Gasteiger partial charge in [-0.3, -0.25) is 43.3 Å². The summed E-state index contributed by atoms with van der Waals surface area (Å²) in [6.45, 7) is 12.0. The van der Waals surface area contributed by atoms with Gasteiger partial charge in [-0.2, -0.15) is 13.2 Å². The van der Waals surface area contributed by atoms with Gasteiger partial charge in [0.25, 0.3) is 35.3 Å². The molecule has 0 unspecified atom stereocenters. The predicted octanol–water partition coefficient (Wildman–Crippen LogP) is 30.2. The van der Waals surface area contributed by atoms with Crippen LogP contribution in [0.15, 0.2) is 245 Å². The van der Waals surface area contributed by atoms with Crippen molar-refractivity contribution in [2.45, 2.75) is 68.0 Å². The third kappa shape index (κ3) is 22.1. The molecule has 12 aromatic rings. The average Bonchev–Trinajstić information content (AvgIpc) is 1.47. The van der Waals surface area contributed by atoms with Gasteiger partial charge in [0.05, 0.1) is 0 Å². The average molecular weight is 2470 g/mol. The Kier molecular flexibility index (Phi) is 30.7. The van der Waals surface area contributed by atoms with Gasteiger partial charge in [-0.15, -0.1) is 0 Å². The van der Waals surface area contributed by atoms with Crippen LogP contribution in [0, 0.1) is 51.0 Å². The first-order valence-electron chi connectivity index (χ1n) is 38.8. The molecule has 0 radical (unpaired) electrons. The van der Waals surface area contributed by atoms with Crippen LogP contribution in [0.3, 0.4) is 0 Å². The second-order valence-corrected chi connectivity index (χ2v) is 40.0. The number of nitrogens with one attached hydrogen (secondary N) is 5. The van der Waals surface area contributed by atoms with Crippen molar-refractivity contribution in [1.29, 1.82) is 0 Å². The molecule has 0 atom stereocenters. The summed E-state index contributed by atoms with van der Waals surface area (Å²) >= 11 is 37.5. The number of amides is 5. The Balaban J connectivity index is 0.000000137. The standard InChI is InChI=1S/C24H17Br2NO2.C21H14Br2N2O.C20H15Br2NO2.C18H10Br2F3NO2.C16H10Br2INO.CH4/c1-13-3-5-16(6-4-13)23(28)17-7-8-22-18(12-17)19(24(29)27-22)9-15-10-20(25)14(2)21(26)11-15;1-12-18(22)8-13(9-19(12)23)7-17-16-10-14(15-3-2-6-24-11-15)4-5-20(16)25-21(17)26;1-10-16(21)7-11(8-17(10)22)6-15-14-9-13(19(24)12-2-3-12)4-5-18(14)23-20(15)25;1-8-13(19)5-9(6-14(8)20)4-12-11-7-10(16(25)18(21,22)23)2-3-15(11)24-17(12)26;1-8-13(17)5-9(6-14(8)18)4-12-11-7-10(19)2-3-15(11)20-16(12)21;/h3-12H,1-2H3,(H,27,29);2-11H,1H3,(H,25,26);4-9,12H,2-3H2,1H3,(H,23,25);2-7H,1H3,(H,24,26);2-7H,1H3,(H,20,21);1H4. The van der Waals surface area contributed by atoms with Crippen molar-refractivity contribution in [3.05, 3.63) is 360 Å². The number of pyridine rings is 1. The maximum atomic E-state index is 12.9. The van der Waals surface area contributed by atoms with Crippen LogP contribution in [-0.2, 0) is 24.0 Å². The van der Waals surface area contributed by atoms with Gasteiger partial charge in [-0.05, 0) is 320 Å². The molecule has 11 aromatic carbocycles. The second kappa shape index (κ2) is 40.8. The molecule has 28 heteroatoms. The normalized spacial score (nSPS) is 15.1. The molecule has 5 amide bonds. The zero-order valence-corrected chi connectivity index (χ0v) is 85.5. The number of alkyl halides is 3. The van der Waals surface area contributed by atoms with Crippen LogP contribution in [0.1, 0.15) is 146 Å². The van der Waals surface area contributed by atoms with E-state index in [1.54, 1.807) is 42.6 Å². The highest BCUT2D eigenvalue weighted by molar-refractivity contribution is 14.1. The van der Waals surface area contributed by atoms with E-state index in [9.17, 15) is 51.5 Å². The molecule has 14 nitrogen and oxygen atoms in total.